The Balaban J connectivity index is 2.50. The lowest BCUT2D eigenvalue weighted by atomic mass is 10.1. The van der Waals surface area contributed by atoms with Gasteiger partial charge < -0.3 is 5.73 Å². The molecular weight excluding hydrogens is 210 g/mol. The minimum Gasteiger partial charge on any atom is -0.368 e. The third-order valence-electron chi connectivity index (χ3n) is 2.14. The normalized spacial score (nSPS) is 10.3. The molecule has 1 heterocycles. The van der Waals surface area contributed by atoms with Crippen LogP contribution in [0.15, 0.2) is 30.5 Å². The van der Waals surface area contributed by atoms with Crippen molar-refractivity contribution in [2.45, 2.75) is 6.92 Å². The van der Waals surface area contributed by atoms with Gasteiger partial charge >= 0.3 is 0 Å². The number of anilines is 1. The van der Waals surface area contributed by atoms with E-state index in [1.807, 2.05) is 25.1 Å². The molecule has 0 saturated carbocycles. The second kappa shape index (κ2) is 3.87. The quantitative estimate of drug-likeness (QED) is 0.802. The molecule has 15 heavy (non-hydrogen) atoms. The number of halogens is 1. The number of nitrogens with zero attached hydrogens (tertiary/aromatic N) is 2. The van der Waals surface area contributed by atoms with Crippen LogP contribution in [0.5, 0.6) is 0 Å². The molecule has 0 aliphatic rings. The SMILES string of the molecule is Cc1ccc(-c2ccnc(N)n2)cc1Cl. The molecule has 0 unspecified atom stereocenters. The summed E-state index contributed by atoms with van der Waals surface area (Å²) in [6.45, 7) is 1.96. The predicted molar refractivity (Wildman–Crippen MR) is 61.6 cm³/mol. The molecule has 2 rings (SSSR count). The first kappa shape index (κ1) is 9.93. The Morgan fingerprint density at radius 2 is 2.07 bits per heavy atom. The highest BCUT2D eigenvalue weighted by Gasteiger charge is 2.02. The van der Waals surface area contributed by atoms with Gasteiger partial charge in [-0.25, -0.2) is 9.97 Å². The molecule has 1 aromatic heterocycles. The molecule has 3 nitrogen and oxygen atoms in total. The van der Waals surface area contributed by atoms with Crippen molar-refractivity contribution in [3.63, 3.8) is 0 Å². The van der Waals surface area contributed by atoms with E-state index in [0.717, 1.165) is 21.8 Å². The fraction of sp³-hybridized carbons (Fsp3) is 0.0909. The molecule has 0 saturated heterocycles. The van der Waals surface area contributed by atoms with Crippen LogP contribution < -0.4 is 5.73 Å². The minimum absolute atomic E-state index is 0.268. The van der Waals surface area contributed by atoms with Gasteiger partial charge in [0, 0.05) is 16.8 Å². The van der Waals surface area contributed by atoms with Crippen molar-refractivity contribution in [3.05, 3.63) is 41.0 Å². The van der Waals surface area contributed by atoms with Crippen LogP contribution in [-0.2, 0) is 0 Å². The highest BCUT2D eigenvalue weighted by atomic mass is 35.5. The van der Waals surface area contributed by atoms with Crippen molar-refractivity contribution in [2.75, 3.05) is 5.73 Å². The molecular formula is C11H10ClN3. The molecule has 76 valence electrons. The molecule has 0 amide bonds. The average Bonchev–Trinajstić information content (AvgIpc) is 2.22. The van der Waals surface area contributed by atoms with Gasteiger partial charge in [-0.05, 0) is 24.6 Å². The lowest BCUT2D eigenvalue weighted by Gasteiger charge is -2.03. The number of nitrogens with two attached hydrogens (primary N) is 1. The Morgan fingerprint density at radius 1 is 1.27 bits per heavy atom. The monoisotopic (exact) mass is 219 g/mol. The van der Waals surface area contributed by atoms with Crippen LogP contribution in [-0.4, -0.2) is 9.97 Å². The maximum Gasteiger partial charge on any atom is 0.220 e. The summed E-state index contributed by atoms with van der Waals surface area (Å²) in [7, 11) is 0. The molecule has 0 bridgehead atoms. The summed E-state index contributed by atoms with van der Waals surface area (Å²) in [6, 6.07) is 7.59. The van der Waals surface area contributed by atoms with Crippen LogP contribution in [0.1, 0.15) is 5.56 Å². The number of hydrogen-bond donors (Lipinski definition) is 1. The Hall–Kier alpha value is -1.61. The summed E-state index contributed by atoms with van der Waals surface area (Å²) < 4.78 is 0. The maximum absolute atomic E-state index is 6.03. The highest BCUT2D eigenvalue weighted by Crippen LogP contribution is 2.23. The second-order valence-corrected chi connectivity index (χ2v) is 3.67. The number of aryl methyl sites for hydroxylation is 1. The standard InChI is InChI=1S/C11H10ClN3/c1-7-2-3-8(6-9(7)12)10-4-5-14-11(13)15-10/h2-6H,1H3,(H2,13,14,15). The number of hydrogen-bond acceptors (Lipinski definition) is 3. The van der Waals surface area contributed by atoms with Gasteiger partial charge in [-0.1, -0.05) is 23.7 Å². The van der Waals surface area contributed by atoms with Crippen LogP contribution in [0.3, 0.4) is 0 Å². The van der Waals surface area contributed by atoms with Crippen LogP contribution in [0.25, 0.3) is 11.3 Å². The van der Waals surface area contributed by atoms with Crippen molar-refractivity contribution in [3.8, 4) is 11.3 Å². The zero-order valence-corrected chi connectivity index (χ0v) is 8.99. The summed E-state index contributed by atoms with van der Waals surface area (Å²) in [6.07, 6.45) is 1.63. The van der Waals surface area contributed by atoms with Crippen LogP contribution in [0, 0.1) is 6.92 Å². The van der Waals surface area contributed by atoms with E-state index in [-0.39, 0.29) is 5.95 Å². The van der Waals surface area contributed by atoms with Gasteiger partial charge in [0.2, 0.25) is 5.95 Å². The zero-order valence-electron chi connectivity index (χ0n) is 8.24. The largest absolute Gasteiger partial charge is 0.368 e. The second-order valence-electron chi connectivity index (χ2n) is 3.26. The molecule has 0 atom stereocenters. The van der Waals surface area contributed by atoms with Gasteiger partial charge in [0.05, 0.1) is 5.69 Å². The van der Waals surface area contributed by atoms with Gasteiger partial charge in [0.15, 0.2) is 0 Å². The number of aromatic nitrogens is 2. The van der Waals surface area contributed by atoms with Gasteiger partial charge in [0.25, 0.3) is 0 Å². The van der Waals surface area contributed by atoms with Crippen molar-refractivity contribution < 1.29 is 0 Å². The molecule has 4 heteroatoms. The van der Waals surface area contributed by atoms with Crippen LogP contribution in [0.4, 0.5) is 5.95 Å². The fourth-order valence-corrected chi connectivity index (χ4v) is 1.47. The molecule has 0 aliphatic heterocycles. The van der Waals surface area contributed by atoms with Crippen molar-refractivity contribution in [1.29, 1.82) is 0 Å². The van der Waals surface area contributed by atoms with E-state index in [1.165, 1.54) is 0 Å². The Morgan fingerprint density at radius 3 is 2.73 bits per heavy atom. The van der Waals surface area contributed by atoms with E-state index in [4.69, 9.17) is 17.3 Å². The Labute approximate surface area is 92.9 Å². The third-order valence-corrected chi connectivity index (χ3v) is 2.55. The first-order valence-corrected chi connectivity index (χ1v) is 4.89. The van der Waals surface area contributed by atoms with E-state index in [1.54, 1.807) is 12.3 Å². The topological polar surface area (TPSA) is 51.8 Å². The van der Waals surface area contributed by atoms with Crippen molar-refractivity contribution >= 4 is 17.5 Å². The molecule has 0 radical (unpaired) electrons. The predicted octanol–water partition coefficient (Wildman–Crippen LogP) is 2.69. The smallest absolute Gasteiger partial charge is 0.220 e. The molecule has 2 N–H and O–H groups in total. The first-order chi connectivity index (χ1) is 7.16. The van der Waals surface area contributed by atoms with Crippen LogP contribution >= 0.6 is 11.6 Å². The van der Waals surface area contributed by atoms with Gasteiger partial charge in [-0.15, -0.1) is 0 Å². The summed E-state index contributed by atoms with van der Waals surface area (Å²) in [4.78, 5) is 7.96. The molecule has 0 spiro atoms. The van der Waals surface area contributed by atoms with E-state index in [0.29, 0.717) is 0 Å². The third kappa shape index (κ3) is 2.07. The van der Waals surface area contributed by atoms with E-state index < -0.39 is 0 Å². The average molecular weight is 220 g/mol. The van der Waals surface area contributed by atoms with E-state index >= 15 is 0 Å². The minimum atomic E-state index is 0.268. The summed E-state index contributed by atoms with van der Waals surface area (Å²) in [5.41, 5.74) is 8.28. The van der Waals surface area contributed by atoms with Crippen LogP contribution in [0.2, 0.25) is 5.02 Å². The van der Waals surface area contributed by atoms with Crippen molar-refractivity contribution in [1.82, 2.24) is 9.97 Å². The van der Waals surface area contributed by atoms with Crippen molar-refractivity contribution in [2.24, 2.45) is 0 Å². The number of benzene rings is 1. The lowest BCUT2D eigenvalue weighted by Crippen LogP contribution is -1.95. The Kier molecular flexibility index (Phi) is 2.56. The van der Waals surface area contributed by atoms with E-state index in [2.05, 4.69) is 9.97 Å². The van der Waals surface area contributed by atoms with Gasteiger partial charge in [-0.3, -0.25) is 0 Å². The number of rotatable bonds is 1. The molecule has 0 aliphatic carbocycles. The fourth-order valence-electron chi connectivity index (χ4n) is 1.29. The Bertz CT molecular complexity index is 497. The molecule has 0 fully saturated rings. The number of nitrogen functional groups attached to an aromatic ring is 1. The van der Waals surface area contributed by atoms with Gasteiger partial charge in [-0.2, -0.15) is 0 Å². The molecule has 2 aromatic rings. The first-order valence-electron chi connectivity index (χ1n) is 4.52. The maximum atomic E-state index is 6.03. The summed E-state index contributed by atoms with van der Waals surface area (Å²) >= 11 is 6.03. The lowest BCUT2D eigenvalue weighted by molar-refractivity contribution is 1.19. The summed E-state index contributed by atoms with van der Waals surface area (Å²) in [5, 5.41) is 0.727. The highest BCUT2D eigenvalue weighted by molar-refractivity contribution is 6.31. The molecule has 1 aromatic carbocycles. The summed E-state index contributed by atoms with van der Waals surface area (Å²) in [5.74, 6) is 0.268. The zero-order chi connectivity index (χ0) is 10.8. The van der Waals surface area contributed by atoms with Gasteiger partial charge in [0.1, 0.15) is 0 Å². The van der Waals surface area contributed by atoms with E-state index in [9.17, 15) is 0 Å².